The van der Waals surface area contributed by atoms with Gasteiger partial charge in [-0.1, -0.05) is 12.8 Å². The van der Waals surface area contributed by atoms with Gasteiger partial charge < -0.3 is 15.1 Å². The number of hydrogen-bond acceptors (Lipinski definition) is 3. The van der Waals surface area contributed by atoms with Gasteiger partial charge in [0, 0.05) is 19.3 Å². The molecule has 2 N–H and O–H groups in total. The molecule has 0 heterocycles. The Labute approximate surface area is 107 Å². The lowest BCUT2D eigenvalue weighted by molar-refractivity contribution is 0.0559. The van der Waals surface area contributed by atoms with Gasteiger partial charge >= 0.3 is 5.97 Å². The summed E-state index contributed by atoms with van der Waals surface area (Å²) >= 11 is 0. The molecule has 0 saturated heterocycles. The lowest BCUT2D eigenvalue weighted by atomic mass is 10.0. The molecule has 0 radical (unpaired) electrons. The third-order valence-corrected chi connectivity index (χ3v) is 3.62. The van der Waals surface area contributed by atoms with Crippen LogP contribution in [0, 0.1) is 0 Å². The average molecular weight is 249 g/mol. The number of carboxylic acid groups (broad SMARTS) is 1. The zero-order chi connectivity index (χ0) is 13.2. The minimum absolute atomic E-state index is 0.284. The van der Waals surface area contributed by atoms with Gasteiger partial charge in [0.05, 0.1) is 11.2 Å². The summed E-state index contributed by atoms with van der Waals surface area (Å²) < 4.78 is 0. The smallest absolute Gasteiger partial charge is 0.335 e. The molecular formula is C14H19NO3. The zero-order valence-electron chi connectivity index (χ0n) is 10.6. The van der Waals surface area contributed by atoms with E-state index in [4.69, 9.17) is 5.11 Å². The van der Waals surface area contributed by atoms with E-state index < -0.39 is 11.6 Å². The van der Waals surface area contributed by atoms with Crippen LogP contribution in [-0.4, -0.2) is 35.4 Å². The lowest BCUT2D eigenvalue weighted by Crippen LogP contribution is -2.39. The van der Waals surface area contributed by atoms with E-state index in [0.29, 0.717) is 6.54 Å². The van der Waals surface area contributed by atoms with Crippen molar-refractivity contribution in [3.05, 3.63) is 29.8 Å². The molecule has 2 rings (SSSR count). The summed E-state index contributed by atoms with van der Waals surface area (Å²) in [6.07, 6.45) is 3.87. The second-order valence-electron chi connectivity index (χ2n) is 5.14. The first-order chi connectivity index (χ1) is 8.50. The van der Waals surface area contributed by atoms with Crippen LogP contribution in [0.2, 0.25) is 0 Å². The van der Waals surface area contributed by atoms with E-state index in [2.05, 4.69) is 0 Å². The summed E-state index contributed by atoms with van der Waals surface area (Å²) in [5.41, 5.74) is 0.632. The average Bonchev–Trinajstić information content (AvgIpc) is 2.76. The van der Waals surface area contributed by atoms with Crippen molar-refractivity contribution in [2.75, 3.05) is 18.5 Å². The van der Waals surface area contributed by atoms with E-state index >= 15 is 0 Å². The highest BCUT2D eigenvalue weighted by Crippen LogP contribution is 2.31. The van der Waals surface area contributed by atoms with Gasteiger partial charge in [0.1, 0.15) is 0 Å². The van der Waals surface area contributed by atoms with E-state index in [1.807, 2.05) is 11.9 Å². The highest BCUT2D eigenvalue weighted by molar-refractivity contribution is 5.88. The SMILES string of the molecule is CN(CC1(O)CCCC1)c1ccc(C(=O)O)cc1. The number of hydrogen-bond donors (Lipinski definition) is 2. The second kappa shape index (κ2) is 4.98. The Bertz CT molecular complexity index is 421. The maximum absolute atomic E-state index is 10.8. The van der Waals surface area contributed by atoms with Gasteiger partial charge in [0.25, 0.3) is 0 Å². The number of nitrogens with zero attached hydrogens (tertiary/aromatic N) is 1. The fraction of sp³-hybridized carbons (Fsp3) is 0.500. The number of rotatable bonds is 4. The van der Waals surface area contributed by atoms with Crippen molar-refractivity contribution in [3.8, 4) is 0 Å². The fourth-order valence-corrected chi connectivity index (χ4v) is 2.58. The molecule has 0 spiro atoms. The van der Waals surface area contributed by atoms with E-state index in [9.17, 15) is 9.90 Å². The number of aromatic carboxylic acids is 1. The lowest BCUT2D eigenvalue weighted by Gasteiger charge is -2.30. The third-order valence-electron chi connectivity index (χ3n) is 3.62. The number of likely N-dealkylation sites (N-methyl/N-ethyl adjacent to an activating group) is 1. The number of carbonyl (C=O) groups is 1. The van der Waals surface area contributed by atoms with Crippen molar-refractivity contribution >= 4 is 11.7 Å². The first kappa shape index (κ1) is 12.9. The third kappa shape index (κ3) is 2.82. The molecule has 1 fully saturated rings. The maximum atomic E-state index is 10.8. The van der Waals surface area contributed by atoms with Crippen molar-refractivity contribution in [1.29, 1.82) is 0 Å². The van der Waals surface area contributed by atoms with Crippen molar-refractivity contribution in [2.45, 2.75) is 31.3 Å². The second-order valence-corrected chi connectivity index (χ2v) is 5.14. The molecule has 0 aliphatic heterocycles. The first-order valence-corrected chi connectivity index (χ1v) is 6.27. The van der Waals surface area contributed by atoms with Crippen LogP contribution in [0.15, 0.2) is 24.3 Å². The van der Waals surface area contributed by atoms with E-state index in [1.54, 1.807) is 24.3 Å². The summed E-state index contributed by atoms with van der Waals surface area (Å²) in [6, 6.07) is 6.74. The topological polar surface area (TPSA) is 60.8 Å². The molecule has 0 atom stereocenters. The summed E-state index contributed by atoms with van der Waals surface area (Å²) in [6.45, 7) is 0.597. The summed E-state index contributed by atoms with van der Waals surface area (Å²) in [4.78, 5) is 12.7. The highest BCUT2D eigenvalue weighted by atomic mass is 16.4. The molecule has 0 bridgehead atoms. The molecule has 1 saturated carbocycles. The monoisotopic (exact) mass is 249 g/mol. The van der Waals surface area contributed by atoms with Crippen LogP contribution in [0.5, 0.6) is 0 Å². The van der Waals surface area contributed by atoms with Gasteiger partial charge in [0.15, 0.2) is 0 Å². The molecule has 0 unspecified atom stereocenters. The van der Waals surface area contributed by atoms with Crippen LogP contribution < -0.4 is 4.90 Å². The molecule has 1 aliphatic rings. The van der Waals surface area contributed by atoms with Gasteiger partial charge in [0.2, 0.25) is 0 Å². The van der Waals surface area contributed by atoms with Gasteiger partial charge in [-0.25, -0.2) is 4.79 Å². The molecule has 1 aromatic rings. The number of carboxylic acids is 1. The Morgan fingerprint density at radius 3 is 2.33 bits per heavy atom. The van der Waals surface area contributed by atoms with E-state index in [1.165, 1.54) is 0 Å². The van der Waals surface area contributed by atoms with E-state index in [0.717, 1.165) is 31.4 Å². The zero-order valence-corrected chi connectivity index (χ0v) is 10.6. The maximum Gasteiger partial charge on any atom is 0.335 e. The van der Waals surface area contributed by atoms with Crippen LogP contribution >= 0.6 is 0 Å². The predicted octanol–water partition coefficient (Wildman–Crippen LogP) is 2.13. The number of benzene rings is 1. The highest BCUT2D eigenvalue weighted by Gasteiger charge is 2.32. The summed E-state index contributed by atoms with van der Waals surface area (Å²) in [5, 5.41) is 19.2. The Morgan fingerprint density at radius 1 is 1.28 bits per heavy atom. The molecule has 0 amide bonds. The molecule has 0 aromatic heterocycles. The quantitative estimate of drug-likeness (QED) is 0.858. The number of anilines is 1. The van der Waals surface area contributed by atoms with Crippen molar-refractivity contribution in [1.82, 2.24) is 0 Å². The molecular weight excluding hydrogens is 230 g/mol. The van der Waals surface area contributed by atoms with Gasteiger partial charge in [-0.2, -0.15) is 0 Å². The number of aliphatic hydroxyl groups is 1. The molecule has 4 heteroatoms. The van der Waals surface area contributed by atoms with Gasteiger partial charge in [-0.15, -0.1) is 0 Å². The van der Waals surface area contributed by atoms with Crippen LogP contribution in [0.4, 0.5) is 5.69 Å². The van der Waals surface area contributed by atoms with Crippen LogP contribution in [0.25, 0.3) is 0 Å². The summed E-state index contributed by atoms with van der Waals surface area (Å²) in [7, 11) is 1.92. The van der Waals surface area contributed by atoms with Crippen LogP contribution in [0.3, 0.4) is 0 Å². The van der Waals surface area contributed by atoms with Gasteiger partial charge in [-0.05, 0) is 37.1 Å². The minimum atomic E-state index is -0.918. The fourth-order valence-electron chi connectivity index (χ4n) is 2.58. The van der Waals surface area contributed by atoms with Crippen molar-refractivity contribution in [3.63, 3.8) is 0 Å². The Balaban J connectivity index is 2.04. The standard InChI is InChI=1S/C14H19NO3/c1-15(10-14(18)8-2-3-9-14)12-6-4-11(5-7-12)13(16)17/h4-7,18H,2-3,8-10H2,1H3,(H,16,17). The molecule has 4 nitrogen and oxygen atoms in total. The van der Waals surface area contributed by atoms with Crippen LogP contribution in [0.1, 0.15) is 36.0 Å². The van der Waals surface area contributed by atoms with Crippen molar-refractivity contribution < 1.29 is 15.0 Å². The normalized spacial score (nSPS) is 17.7. The summed E-state index contributed by atoms with van der Waals surface area (Å²) in [5.74, 6) is -0.918. The van der Waals surface area contributed by atoms with E-state index in [-0.39, 0.29) is 5.56 Å². The van der Waals surface area contributed by atoms with Gasteiger partial charge in [-0.3, -0.25) is 0 Å². The van der Waals surface area contributed by atoms with Crippen molar-refractivity contribution in [2.24, 2.45) is 0 Å². The largest absolute Gasteiger partial charge is 0.478 e. The minimum Gasteiger partial charge on any atom is -0.478 e. The Kier molecular flexibility index (Phi) is 3.57. The molecule has 1 aromatic carbocycles. The predicted molar refractivity (Wildman–Crippen MR) is 70.1 cm³/mol. The molecule has 18 heavy (non-hydrogen) atoms. The molecule has 1 aliphatic carbocycles. The Hall–Kier alpha value is -1.55. The molecule has 98 valence electrons. The Morgan fingerprint density at radius 2 is 1.83 bits per heavy atom. The van der Waals surface area contributed by atoms with Crippen LogP contribution in [-0.2, 0) is 0 Å². The first-order valence-electron chi connectivity index (χ1n) is 6.27.